The van der Waals surface area contributed by atoms with Gasteiger partial charge in [0.05, 0.1) is 28.9 Å². The zero-order valence-electron chi connectivity index (χ0n) is 10.7. The van der Waals surface area contributed by atoms with Crippen LogP contribution in [0.3, 0.4) is 0 Å². The molecule has 2 rings (SSSR count). The van der Waals surface area contributed by atoms with Crippen LogP contribution in [0.4, 0.5) is 0 Å². The van der Waals surface area contributed by atoms with E-state index in [1.165, 1.54) is 0 Å². The molecule has 1 fully saturated rings. The summed E-state index contributed by atoms with van der Waals surface area (Å²) in [6, 6.07) is -0.0419. The van der Waals surface area contributed by atoms with Crippen molar-refractivity contribution < 1.29 is 4.79 Å². The van der Waals surface area contributed by atoms with E-state index in [1.807, 2.05) is 25.7 Å². The van der Waals surface area contributed by atoms with Crippen LogP contribution in [0, 0.1) is 0 Å². The normalized spacial score (nSPS) is 20.1. The summed E-state index contributed by atoms with van der Waals surface area (Å²) in [7, 11) is 1.84. The summed E-state index contributed by atoms with van der Waals surface area (Å²) < 4.78 is 1.73. The van der Waals surface area contributed by atoms with Gasteiger partial charge in [-0.2, -0.15) is 16.9 Å². The molecule has 1 aliphatic heterocycles. The molecule has 0 aliphatic carbocycles. The first-order chi connectivity index (χ1) is 8.63. The molecule has 0 saturated carbocycles. The summed E-state index contributed by atoms with van der Waals surface area (Å²) in [6.45, 7) is 2.92. The third-order valence-corrected chi connectivity index (χ3v) is 4.65. The Bertz CT molecular complexity index is 441. The van der Waals surface area contributed by atoms with Gasteiger partial charge in [-0.25, -0.2) is 0 Å². The quantitative estimate of drug-likeness (QED) is 0.911. The molecule has 0 radical (unpaired) electrons. The van der Waals surface area contributed by atoms with Gasteiger partial charge in [-0.1, -0.05) is 18.5 Å². The van der Waals surface area contributed by atoms with E-state index in [1.54, 1.807) is 4.68 Å². The Morgan fingerprint density at radius 1 is 1.67 bits per heavy atom. The summed E-state index contributed by atoms with van der Waals surface area (Å²) in [4.78, 5) is 12.2. The van der Waals surface area contributed by atoms with E-state index < -0.39 is 0 Å². The Morgan fingerprint density at radius 2 is 2.44 bits per heavy atom. The fourth-order valence-electron chi connectivity index (χ4n) is 2.07. The zero-order chi connectivity index (χ0) is 13.1. The molecule has 1 N–H and O–H groups in total. The molecule has 1 aromatic rings. The number of Topliss-reactive ketones (excluding diaryl/α,β-unsaturated/α-hetero) is 1. The summed E-state index contributed by atoms with van der Waals surface area (Å²) in [6.07, 6.45) is 1.15. The lowest BCUT2D eigenvalue weighted by Gasteiger charge is -2.21. The molecule has 18 heavy (non-hydrogen) atoms. The number of aromatic nitrogens is 2. The molecule has 4 nitrogen and oxygen atoms in total. The molecular formula is C12H18ClN3OS. The molecule has 0 spiro atoms. The van der Waals surface area contributed by atoms with Crippen molar-refractivity contribution in [2.45, 2.75) is 25.8 Å². The van der Waals surface area contributed by atoms with Gasteiger partial charge in [0.2, 0.25) is 0 Å². The monoisotopic (exact) mass is 287 g/mol. The lowest BCUT2D eigenvalue weighted by atomic mass is 10.1. The van der Waals surface area contributed by atoms with Crippen LogP contribution in [-0.4, -0.2) is 39.7 Å². The predicted octanol–water partition coefficient (Wildman–Crippen LogP) is 1.45. The summed E-state index contributed by atoms with van der Waals surface area (Å²) in [5, 5.41) is 8.24. The fraction of sp³-hybridized carbons (Fsp3) is 0.667. The number of aryl methyl sites for hydroxylation is 2. The lowest BCUT2D eigenvalue weighted by molar-refractivity contribution is -0.120. The van der Waals surface area contributed by atoms with Crippen molar-refractivity contribution in [3.05, 3.63) is 16.4 Å². The third kappa shape index (κ3) is 2.90. The number of thioether (sulfide) groups is 1. The minimum atomic E-state index is -0.0419. The standard InChI is InChI=1S/C12H18ClN3OS/c1-3-8-12(13)10(16(2)15-8)6-11(17)9-7-18-5-4-14-9/h9,14H,3-7H2,1-2H3. The van der Waals surface area contributed by atoms with Crippen LogP contribution < -0.4 is 5.32 Å². The van der Waals surface area contributed by atoms with Gasteiger partial charge in [0.25, 0.3) is 0 Å². The van der Waals surface area contributed by atoms with Crippen molar-refractivity contribution in [2.75, 3.05) is 18.1 Å². The number of nitrogens with zero attached hydrogens (tertiary/aromatic N) is 2. The minimum Gasteiger partial charge on any atom is -0.306 e. The summed E-state index contributed by atoms with van der Waals surface area (Å²) in [5.74, 6) is 2.14. The molecule has 0 bridgehead atoms. The van der Waals surface area contributed by atoms with Gasteiger partial charge < -0.3 is 5.32 Å². The van der Waals surface area contributed by atoms with E-state index in [4.69, 9.17) is 11.6 Å². The highest BCUT2D eigenvalue weighted by Gasteiger charge is 2.24. The maximum Gasteiger partial charge on any atom is 0.156 e. The Hall–Kier alpha value is -0.520. The van der Waals surface area contributed by atoms with E-state index >= 15 is 0 Å². The highest BCUT2D eigenvalue weighted by molar-refractivity contribution is 7.99. The van der Waals surface area contributed by atoms with Crippen molar-refractivity contribution in [3.8, 4) is 0 Å². The molecule has 2 heterocycles. The van der Waals surface area contributed by atoms with E-state index in [-0.39, 0.29) is 11.8 Å². The van der Waals surface area contributed by atoms with E-state index in [2.05, 4.69) is 10.4 Å². The molecule has 1 unspecified atom stereocenters. The molecule has 1 saturated heterocycles. The Kier molecular flexibility index (Phi) is 4.70. The maximum atomic E-state index is 12.2. The number of ketones is 1. The number of halogens is 1. The lowest BCUT2D eigenvalue weighted by Crippen LogP contribution is -2.44. The Labute approximate surface area is 116 Å². The second-order valence-electron chi connectivity index (χ2n) is 4.41. The number of nitrogens with one attached hydrogen (secondary N) is 1. The second kappa shape index (κ2) is 6.08. The summed E-state index contributed by atoms with van der Waals surface area (Å²) >= 11 is 8.07. The largest absolute Gasteiger partial charge is 0.306 e. The van der Waals surface area contributed by atoms with Gasteiger partial charge in [0.1, 0.15) is 0 Å². The predicted molar refractivity (Wildman–Crippen MR) is 75.4 cm³/mol. The topological polar surface area (TPSA) is 46.9 Å². The molecule has 100 valence electrons. The number of hydrogen-bond donors (Lipinski definition) is 1. The molecule has 1 atom stereocenters. The first-order valence-corrected chi connectivity index (χ1v) is 7.70. The van der Waals surface area contributed by atoms with Crippen LogP contribution in [-0.2, 0) is 24.7 Å². The molecule has 1 aromatic heterocycles. The van der Waals surface area contributed by atoms with Crippen LogP contribution >= 0.6 is 23.4 Å². The van der Waals surface area contributed by atoms with Gasteiger partial charge in [0.15, 0.2) is 5.78 Å². The summed E-state index contributed by atoms with van der Waals surface area (Å²) in [5.41, 5.74) is 1.70. The maximum absolute atomic E-state index is 12.2. The van der Waals surface area contributed by atoms with Gasteiger partial charge in [-0.3, -0.25) is 9.48 Å². The van der Waals surface area contributed by atoms with E-state index in [0.717, 1.165) is 35.9 Å². The number of hydrogen-bond acceptors (Lipinski definition) is 4. The molecular weight excluding hydrogens is 270 g/mol. The number of carbonyl (C=O) groups is 1. The Morgan fingerprint density at radius 3 is 3.00 bits per heavy atom. The number of carbonyl (C=O) groups excluding carboxylic acids is 1. The zero-order valence-corrected chi connectivity index (χ0v) is 12.3. The number of rotatable bonds is 4. The molecule has 6 heteroatoms. The smallest absolute Gasteiger partial charge is 0.156 e. The molecule has 0 aromatic carbocycles. The Balaban J connectivity index is 2.08. The first-order valence-electron chi connectivity index (χ1n) is 6.17. The van der Waals surface area contributed by atoms with Crippen LogP contribution in [0.25, 0.3) is 0 Å². The van der Waals surface area contributed by atoms with Crippen LogP contribution in [0.2, 0.25) is 5.02 Å². The van der Waals surface area contributed by atoms with Crippen molar-refractivity contribution in [3.63, 3.8) is 0 Å². The van der Waals surface area contributed by atoms with Crippen molar-refractivity contribution in [1.29, 1.82) is 0 Å². The van der Waals surface area contributed by atoms with Gasteiger partial charge >= 0.3 is 0 Å². The molecule has 0 amide bonds. The van der Waals surface area contributed by atoms with Crippen LogP contribution in [0.5, 0.6) is 0 Å². The second-order valence-corrected chi connectivity index (χ2v) is 5.94. The van der Waals surface area contributed by atoms with E-state index in [9.17, 15) is 4.79 Å². The third-order valence-electron chi connectivity index (χ3n) is 3.15. The average Bonchev–Trinajstić information content (AvgIpc) is 2.67. The fourth-order valence-corrected chi connectivity index (χ4v) is 3.40. The minimum absolute atomic E-state index is 0.0419. The van der Waals surface area contributed by atoms with Crippen LogP contribution in [0.15, 0.2) is 0 Å². The molecule has 1 aliphatic rings. The van der Waals surface area contributed by atoms with Gasteiger partial charge in [0, 0.05) is 25.1 Å². The van der Waals surface area contributed by atoms with Gasteiger partial charge in [-0.05, 0) is 6.42 Å². The average molecular weight is 288 g/mol. The van der Waals surface area contributed by atoms with Crippen molar-refractivity contribution in [2.24, 2.45) is 7.05 Å². The van der Waals surface area contributed by atoms with Crippen molar-refractivity contribution >= 4 is 29.1 Å². The van der Waals surface area contributed by atoms with E-state index in [0.29, 0.717) is 11.4 Å². The SMILES string of the molecule is CCc1nn(C)c(CC(=O)C2CSCCN2)c1Cl. The van der Waals surface area contributed by atoms with Gasteiger partial charge in [-0.15, -0.1) is 0 Å². The first kappa shape index (κ1) is 13.9. The van der Waals surface area contributed by atoms with Crippen LogP contribution in [0.1, 0.15) is 18.3 Å². The highest BCUT2D eigenvalue weighted by Crippen LogP contribution is 2.22. The highest BCUT2D eigenvalue weighted by atomic mass is 35.5. The van der Waals surface area contributed by atoms with Crippen molar-refractivity contribution in [1.82, 2.24) is 15.1 Å².